The number of imidazole rings is 1. The van der Waals surface area contributed by atoms with E-state index < -0.39 is 10.0 Å². The Balaban J connectivity index is 2.32. The minimum Gasteiger partial charge on any atom is -0.379 e. The van der Waals surface area contributed by atoms with Gasteiger partial charge in [-0.2, -0.15) is 0 Å². The molecule has 0 saturated carbocycles. The van der Waals surface area contributed by atoms with Gasteiger partial charge < -0.3 is 9.30 Å². The average Bonchev–Trinajstić information content (AvgIpc) is 2.67. The second-order valence-electron chi connectivity index (χ2n) is 3.56. The normalized spacial score (nSPS) is 22.9. The molecule has 6 nitrogen and oxygen atoms in total. The summed E-state index contributed by atoms with van der Waals surface area (Å²) in [6.45, 7) is 1.24. The molecule has 1 atom stereocenters. The highest BCUT2D eigenvalue weighted by Gasteiger charge is 2.22. The Kier molecular flexibility index (Phi) is 2.76. The van der Waals surface area contributed by atoms with Gasteiger partial charge >= 0.3 is 0 Å². The van der Waals surface area contributed by atoms with Gasteiger partial charge in [0.05, 0.1) is 25.2 Å². The smallest absolute Gasteiger partial charge is 0.255 e. The van der Waals surface area contributed by atoms with Crippen LogP contribution in [0, 0.1) is 0 Å². The molecule has 1 unspecified atom stereocenters. The molecule has 0 bridgehead atoms. The summed E-state index contributed by atoms with van der Waals surface area (Å²) in [4.78, 5) is 3.81. The predicted molar refractivity (Wildman–Crippen MR) is 52.7 cm³/mol. The van der Waals surface area contributed by atoms with Crippen LogP contribution >= 0.6 is 0 Å². The van der Waals surface area contributed by atoms with Crippen LogP contribution < -0.4 is 5.14 Å². The summed E-state index contributed by atoms with van der Waals surface area (Å²) in [5.74, 6) is 0. The third-order valence-electron chi connectivity index (χ3n) is 2.45. The van der Waals surface area contributed by atoms with E-state index in [1.165, 1.54) is 12.5 Å². The maximum atomic E-state index is 11.2. The summed E-state index contributed by atoms with van der Waals surface area (Å²) in [7, 11) is -3.69. The maximum absolute atomic E-state index is 11.2. The molecule has 15 heavy (non-hydrogen) atoms. The van der Waals surface area contributed by atoms with Crippen molar-refractivity contribution in [3.05, 3.63) is 12.5 Å². The van der Waals surface area contributed by atoms with Crippen LogP contribution in [0.2, 0.25) is 0 Å². The number of rotatable bonds is 2. The standard InChI is InChI=1S/C8H13N3O3S/c9-15(12,13)8-4-10-6-11(8)7-2-1-3-14-5-7/h4,6-7H,1-3,5H2,(H2,9,12,13). The second-order valence-corrected chi connectivity index (χ2v) is 5.06. The molecule has 0 aromatic carbocycles. The first kappa shape index (κ1) is 10.6. The lowest BCUT2D eigenvalue weighted by atomic mass is 10.1. The highest BCUT2D eigenvalue weighted by Crippen LogP contribution is 2.22. The van der Waals surface area contributed by atoms with Crippen molar-refractivity contribution >= 4 is 10.0 Å². The zero-order valence-electron chi connectivity index (χ0n) is 8.17. The number of ether oxygens (including phenoxy) is 1. The Morgan fingerprint density at radius 3 is 3.00 bits per heavy atom. The second kappa shape index (κ2) is 3.92. The molecule has 1 aromatic rings. The first-order valence-corrected chi connectivity index (χ1v) is 6.26. The molecule has 84 valence electrons. The first-order chi connectivity index (χ1) is 7.09. The van der Waals surface area contributed by atoms with Crippen LogP contribution in [0.3, 0.4) is 0 Å². The fourth-order valence-corrected chi connectivity index (χ4v) is 2.43. The summed E-state index contributed by atoms with van der Waals surface area (Å²) in [6.07, 6.45) is 4.56. The van der Waals surface area contributed by atoms with Gasteiger partial charge in [0.25, 0.3) is 10.0 Å². The number of primary sulfonamides is 1. The van der Waals surface area contributed by atoms with Crippen LogP contribution in [0.1, 0.15) is 18.9 Å². The SMILES string of the molecule is NS(=O)(=O)c1cncn1C1CCCOC1. The van der Waals surface area contributed by atoms with Gasteiger partial charge in [-0.15, -0.1) is 0 Å². The van der Waals surface area contributed by atoms with Crippen molar-refractivity contribution in [3.8, 4) is 0 Å². The van der Waals surface area contributed by atoms with Crippen LogP contribution in [-0.2, 0) is 14.8 Å². The van der Waals surface area contributed by atoms with Crippen molar-refractivity contribution in [3.63, 3.8) is 0 Å². The quantitative estimate of drug-likeness (QED) is 0.768. The zero-order valence-corrected chi connectivity index (χ0v) is 8.98. The Morgan fingerprint density at radius 2 is 2.40 bits per heavy atom. The van der Waals surface area contributed by atoms with Gasteiger partial charge in [0.1, 0.15) is 0 Å². The van der Waals surface area contributed by atoms with Gasteiger partial charge in [-0.1, -0.05) is 0 Å². The summed E-state index contributed by atoms with van der Waals surface area (Å²) in [6, 6.07) is 0.0228. The molecule has 1 aromatic heterocycles. The zero-order chi connectivity index (χ0) is 10.9. The summed E-state index contributed by atoms with van der Waals surface area (Å²) in [5.41, 5.74) is 0. The molecule has 0 radical (unpaired) electrons. The summed E-state index contributed by atoms with van der Waals surface area (Å²) in [5, 5.41) is 5.13. The van der Waals surface area contributed by atoms with Gasteiger partial charge in [-0.3, -0.25) is 0 Å². The van der Waals surface area contributed by atoms with Crippen molar-refractivity contribution in [1.29, 1.82) is 0 Å². The molecule has 0 amide bonds. The Labute approximate surface area is 88.1 Å². The minimum absolute atomic E-state index is 0.0228. The Morgan fingerprint density at radius 1 is 1.60 bits per heavy atom. The highest BCUT2D eigenvalue weighted by molar-refractivity contribution is 7.89. The lowest BCUT2D eigenvalue weighted by Crippen LogP contribution is -2.25. The van der Waals surface area contributed by atoms with Crippen molar-refractivity contribution in [2.45, 2.75) is 23.9 Å². The monoisotopic (exact) mass is 231 g/mol. The number of hydrogen-bond acceptors (Lipinski definition) is 4. The third kappa shape index (κ3) is 2.19. The molecular formula is C8H13N3O3S. The minimum atomic E-state index is -3.69. The first-order valence-electron chi connectivity index (χ1n) is 4.71. The molecule has 0 aliphatic carbocycles. The number of aromatic nitrogens is 2. The van der Waals surface area contributed by atoms with E-state index in [1.807, 2.05) is 0 Å². The van der Waals surface area contributed by atoms with Crippen LogP contribution in [0.5, 0.6) is 0 Å². The molecule has 2 N–H and O–H groups in total. The number of nitrogens with two attached hydrogens (primary N) is 1. The maximum Gasteiger partial charge on any atom is 0.255 e. The average molecular weight is 231 g/mol. The predicted octanol–water partition coefficient (Wildman–Crippen LogP) is -0.118. The van der Waals surface area contributed by atoms with Crippen molar-refractivity contribution in [1.82, 2.24) is 9.55 Å². The summed E-state index contributed by atoms with van der Waals surface area (Å²) >= 11 is 0. The highest BCUT2D eigenvalue weighted by atomic mass is 32.2. The van der Waals surface area contributed by atoms with Gasteiger partial charge in [-0.25, -0.2) is 18.5 Å². The van der Waals surface area contributed by atoms with E-state index in [1.54, 1.807) is 4.57 Å². The van der Waals surface area contributed by atoms with Crippen LogP contribution in [0.25, 0.3) is 0 Å². The van der Waals surface area contributed by atoms with E-state index in [9.17, 15) is 8.42 Å². The van der Waals surface area contributed by atoms with Crippen molar-refractivity contribution < 1.29 is 13.2 Å². The molecule has 1 saturated heterocycles. The van der Waals surface area contributed by atoms with Crippen LogP contribution in [-0.4, -0.2) is 31.2 Å². The largest absolute Gasteiger partial charge is 0.379 e. The van der Waals surface area contributed by atoms with E-state index in [2.05, 4.69) is 4.98 Å². The summed E-state index contributed by atoms with van der Waals surface area (Å²) < 4.78 is 29.3. The van der Waals surface area contributed by atoms with Crippen LogP contribution in [0.4, 0.5) is 0 Å². The Bertz CT molecular complexity index is 434. The van der Waals surface area contributed by atoms with Crippen LogP contribution in [0.15, 0.2) is 17.6 Å². The van der Waals surface area contributed by atoms with E-state index in [0.29, 0.717) is 6.61 Å². The molecular weight excluding hydrogens is 218 g/mol. The topological polar surface area (TPSA) is 87.2 Å². The number of hydrogen-bond donors (Lipinski definition) is 1. The molecule has 1 aliphatic rings. The van der Waals surface area contributed by atoms with Gasteiger partial charge in [0, 0.05) is 6.61 Å². The fourth-order valence-electron chi connectivity index (χ4n) is 1.73. The molecule has 2 rings (SSSR count). The van der Waals surface area contributed by atoms with E-state index >= 15 is 0 Å². The van der Waals surface area contributed by atoms with E-state index in [0.717, 1.165) is 19.4 Å². The van der Waals surface area contributed by atoms with Crippen molar-refractivity contribution in [2.24, 2.45) is 5.14 Å². The third-order valence-corrected chi connectivity index (χ3v) is 3.35. The molecule has 1 aliphatic heterocycles. The van der Waals surface area contributed by atoms with Gasteiger partial charge in [0.2, 0.25) is 0 Å². The molecule has 1 fully saturated rings. The van der Waals surface area contributed by atoms with E-state index in [4.69, 9.17) is 9.88 Å². The van der Waals surface area contributed by atoms with Gasteiger partial charge in [0.15, 0.2) is 5.03 Å². The lowest BCUT2D eigenvalue weighted by Gasteiger charge is -2.24. The Hall–Kier alpha value is -0.920. The fraction of sp³-hybridized carbons (Fsp3) is 0.625. The number of sulfonamides is 1. The number of nitrogens with zero attached hydrogens (tertiary/aromatic N) is 2. The molecule has 0 spiro atoms. The van der Waals surface area contributed by atoms with Crippen molar-refractivity contribution in [2.75, 3.05) is 13.2 Å². The lowest BCUT2D eigenvalue weighted by molar-refractivity contribution is 0.0564. The molecule has 7 heteroatoms. The van der Waals surface area contributed by atoms with E-state index in [-0.39, 0.29) is 11.1 Å². The molecule has 2 heterocycles. The van der Waals surface area contributed by atoms with Gasteiger partial charge in [-0.05, 0) is 12.8 Å².